The lowest BCUT2D eigenvalue weighted by atomic mass is 9.49. The second kappa shape index (κ2) is 13.1. The van der Waals surface area contributed by atoms with E-state index >= 15 is 0 Å². The molecular weight excluding hydrogens is 600 g/mol. The van der Waals surface area contributed by atoms with Crippen LogP contribution in [0, 0.1) is 23.7 Å². The molecule has 1 N–H and O–H groups in total. The van der Waals surface area contributed by atoms with Crippen molar-refractivity contribution >= 4 is 41.4 Å². The average molecular weight is 631 g/mol. The van der Waals surface area contributed by atoms with E-state index in [1.807, 2.05) is 0 Å². The van der Waals surface area contributed by atoms with Gasteiger partial charge in [0, 0.05) is 16.9 Å². The molecule has 1 fully saturated rings. The molecule has 234 valence electrons. The number of hydrogen-bond donors (Lipinski definition) is 1. The number of benzene rings is 2. The fourth-order valence-electron chi connectivity index (χ4n) is 6.45. The number of halogens is 1. The van der Waals surface area contributed by atoms with Crippen LogP contribution in [0.15, 0.2) is 59.9 Å². The summed E-state index contributed by atoms with van der Waals surface area (Å²) in [5, 5.41) is 13.1. The van der Waals surface area contributed by atoms with Crippen molar-refractivity contribution in [3.8, 4) is 5.75 Å². The smallest absolute Gasteiger partial charge is 0.343 e. The predicted molar refractivity (Wildman–Crippen MR) is 151 cm³/mol. The highest BCUT2D eigenvalue weighted by Crippen LogP contribution is 2.61. The zero-order valence-electron chi connectivity index (χ0n) is 24.5. The lowest BCUT2D eigenvalue weighted by molar-refractivity contribution is -0.208. The Morgan fingerprint density at radius 1 is 0.750 bits per heavy atom. The van der Waals surface area contributed by atoms with E-state index in [1.54, 1.807) is 24.3 Å². The van der Waals surface area contributed by atoms with Crippen molar-refractivity contribution in [2.75, 3.05) is 35.5 Å². The van der Waals surface area contributed by atoms with Crippen LogP contribution in [0.5, 0.6) is 5.75 Å². The third-order valence-electron chi connectivity index (χ3n) is 8.24. The second-order valence-electron chi connectivity index (χ2n) is 10.2. The van der Waals surface area contributed by atoms with Crippen LogP contribution < -0.4 is 4.74 Å². The number of rotatable bonds is 8. The van der Waals surface area contributed by atoms with Gasteiger partial charge in [-0.1, -0.05) is 29.8 Å². The Balaban J connectivity index is 2.09. The van der Waals surface area contributed by atoms with Crippen LogP contribution in [-0.4, -0.2) is 76.1 Å². The first-order valence-corrected chi connectivity index (χ1v) is 13.8. The van der Waals surface area contributed by atoms with Crippen molar-refractivity contribution in [1.82, 2.24) is 0 Å². The minimum atomic E-state index is -2.71. The van der Waals surface area contributed by atoms with Gasteiger partial charge in [-0.2, -0.15) is 0 Å². The van der Waals surface area contributed by atoms with Gasteiger partial charge < -0.3 is 33.5 Å². The van der Waals surface area contributed by atoms with E-state index in [-0.39, 0.29) is 17.6 Å². The fraction of sp³-hybridized carbons (Fsp3) is 0.387. The number of hydrogen-bond acceptors (Lipinski definition) is 12. The molecule has 0 spiro atoms. The summed E-state index contributed by atoms with van der Waals surface area (Å²) in [6.07, 6.45) is -0.164. The van der Waals surface area contributed by atoms with E-state index in [0.717, 1.165) is 28.4 Å². The third-order valence-corrected chi connectivity index (χ3v) is 8.50. The molecule has 2 aliphatic rings. The summed E-state index contributed by atoms with van der Waals surface area (Å²) in [7, 11) is 5.60. The Morgan fingerprint density at radius 2 is 1.32 bits per heavy atom. The maximum atomic E-state index is 13.7. The number of carbonyl (C=O) groups excluding carboxylic acids is 5. The highest BCUT2D eigenvalue weighted by molar-refractivity contribution is 6.30. The van der Waals surface area contributed by atoms with Gasteiger partial charge in [-0.05, 0) is 42.3 Å². The van der Waals surface area contributed by atoms with Crippen LogP contribution in [-0.2, 0) is 42.9 Å². The van der Waals surface area contributed by atoms with E-state index < -0.39 is 70.8 Å². The Labute approximate surface area is 257 Å². The second-order valence-corrected chi connectivity index (χ2v) is 10.6. The molecule has 13 heteroatoms. The molecule has 0 aliphatic heterocycles. The first-order chi connectivity index (χ1) is 21.0. The predicted octanol–water partition coefficient (Wildman–Crippen LogP) is 2.85. The molecule has 0 aromatic heterocycles. The van der Waals surface area contributed by atoms with Gasteiger partial charge in [0.05, 0.1) is 58.5 Å². The topological polar surface area (TPSA) is 161 Å². The first-order valence-electron chi connectivity index (χ1n) is 13.4. The summed E-state index contributed by atoms with van der Waals surface area (Å²) in [5.74, 6) is -13.3. The third kappa shape index (κ3) is 5.39. The van der Waals surface area contributed by atoms with Gasteiger partial charge in [0.15, 0.2) is 0 Å². The summed E-state index contributed by atoms with van der Waals surface area (Å²) in [5.41, 5.74) is -2.69. The van der Waals surface area contributed by atoms with Crippen molar-refractivity contribution < 1.29 is 57.5 Å². The molecule has 2 unspecified atom stereocenters. The van der Waals surface area contributed by atoms with Crippen LogP contribution in [0.4, 0.5) is 0 Å². The molecule has 2 aromatic carbocycles. The van der Waals surface area contributed by atoms with E-state index in [4.69, 9.17) is 40.0 Å². The number of aliphatic hydroxyl groups is 1. The number of esters is 5. The number of fused-ring (bicyclic) bond motifs is 2. The monoisotopic (exact) mass is 630 g/mol. The maximum Gasteiger partial charge on any atom is 0.343 e. The molecule has 12 nitrogen and oxygen atoms in total. The minimum absolute atomic E-state index is 0.0154. The normalized spacial score (nSPS) is 25.8. The van der Waals surface area contributed by atoms with Crippen LogP contribution in [0.3, 0.4) is 0 Å². The number of para-hydroxylation sites is 1. The zero-order chi connectivity index (χ0) is 32.3. The van der Waals surface area contributed by atoms with Gasteiger partial charge in [-0.15, -0.1) is 0 Å². The molecule has 1 saturated carbocycles. The average Bonchev–Trinajstić information content (AvgIpc) is 3.03. The number of ether oxygens (including phenoxy) is 6. The van der Waals surface area contributed by atoms with Crippen molar-refractivity contribution in [2.24, 2.45) is 23.7 Å². The van der Waals surface area contributed by atoms with Crippen LogP contribution >= 0.6 is 11.6 Å². The molecule has 0 radical (unpaired) electrons. The quantitative estimate of drug-likeness (QED) is 0.336. The Morgan fingerprint density at radius 3 is 1.86 bits per heavy atom. The molecule has 44 heavy (non-hydrogen) atoms. The van der Waals surface area contributed by atoms with Gasteiger partial charge >= 0.3 is 29.8 Å². The molecule has 0 amide bonds. The fourth-order valence-corrected chi connectivity index (χ4v) is 6.58. The largest absolute Gasteiger partial charge is 0.496 e. The van der Waals surface area contributed by atoms with Gasteiger partial charge in [0.2, 0.25) is 0 Å². The van der Waals surface area contributed by atoms with Crippen molar-refractivity contribution in [1.29, 1.82) is 0 Å². The number of methoxy groups -OCH3 is 5. The van der Waals surface area contributed by atoms with Gasteiger partial charge in [-0.3, -0.25) is 14.4 Å². The zero-order valence-corrected chi connectivity index (χ0v) is 25.3. The van der Waals surface area contributed by atoms with E-state index in [2.05, 4.69) is 0 Å². The SMILES string of the molecule is COC(=O)C1=C(OC(=O)c2ccc(Cl)cc2)C(C(=O)OC)[C@@]2(O)[C@@H](C(=O)OC)C(c3ccccc3OC)C[C@@H]1[C@@H]2C(=O)OC. The molecule has 0 saturated heterocycles. The Kier molecular flexibility index (Phi) is 9.65. The summed E-state index contributed by atoms with van der Waals surface area (Å²) >= 11 is 5.95. The molecule has 6 atom stereocenters. The first kappa shape index (κ1) is 32.5. The van der Waals surface area contributed by atoms with E-state index in [1.165, 1.54) is 31.4 Å². The van der Waals surface area contributed by atoms with Crippen molar-refractivity contribution in [2.45, 2.75) is 17.9 Å². The lowest BCUT2D eigenvalue weighted by Crippen LogP contribution is -2.68. The van der Waals surface area contributed by atoms with Crippen molar-refractivity contribution in [3.63, 3.8) is 0 Å². The molecule has 4 rings (SSSR count). The Hall–Kier alpha value is -4.42. The van der Waals surface area contributed by atoms with Crippen molar-refractivity contribution in [3.05, 3.63) is 76.0 Å². The highest BCUT2D eigenvalue weighted by atomic mass is 35.5. The molecule has 2 aliphatic carbocycles. The highest BCUT2D eigenvalue weighted by Gasteiger charge is 2.72. The standard InChI is InChI=1S/C31H31ClO12/c1-39-20-9-7-6-8-17(20)18-14-19-21(27(34)40-2)25(44-26(33)15-10-12-16(32)13-11-15)24(30(37)43-5)31(38,22(18)28(35)41-3)23(19)29(36)42-4/h6-13,18-19,22-24,38H,14H2,1-5H3/t18?,19-,22+,23+,24?,31+/m0/s1. The summed E-state index contributed by atoms with van der Waals surface area (Å²) in [6, 6.07) is 12.2. The molecular formula is C31H31ClO12. The molecule has 0 heterocycles. The van der Waals surface area contributed by atoms with Gasteiger partial charge in [0.1, 0.15) is 23.0 Å². The van der Waals surface area contributed by atoms with Crippen LogP contribution in [0.25, 0.3) is 0 Å². The minimum Gasteiger partial charge on any atom is -0.496 e. The number of carbonyl (C=O) groups is 5. The van der Waals surface area contributed by atoms with Crippen LogP contribution in [0.2, 0.25) is 5.02 Å². The summed E-state index contributed by atoms with van der Waals surface area (Å²) in [4.78, 5) is 67.7. The molecule has 2 aromatic rings. The van der Waals surface area contributed by atoms with Gasteiger partial charge in [-0.25, -0.2) is 9.59 Å². The lowest BCUT2D eigenvalue weighted by Gasteiger charge is -2.55. The van der Waals surface area contributed by atoms with E-state index in [0.29, 0.717) is 16.3 Å². The summed E-state index contributed by atoms with van der Waals surface area (Å²) in [6.45, 7) is 0. The van der Waals surface area contributed by atoms with Gasteiger partial charge in [0.25, 0.3) is 0 Å². The van der Waals surface area contributed by atoms with Crippen LogP contribution in [0.1, 0.15) is 28.3 Å². The maximum absolute atomic E-state index is 13.7. The molecule has 2 bridgehead atoms. The Bertz CT molecular complexity index is 1500. The summed E-state index contributed by atoms with van der Waals surface area (Å²) < 4.78 is 31.5. The van der Waals surface area contributed by atoms with E-state index in [9.17, 15) is 29.1 Å².